The van der Waals surface area contributed by atoms with E-state index in [9.17, 15) is 9.59 Å². The van der Waals surface area contributed by atoms with Gasteiger partial charge in [0.25, 0.3) is 5.91 Å². The summed E-state index contributed by atoms with van der Waals surface area (Å²) in [5.41, 5.74) is 7.74. The van der Waals surface area contributed by atoms with Gasteiger partial charge >= 0.3 is 5.97 Å². The van der Waals surface area contributed by atoms with E-state index in [0.717, 1.165) is 0 Å². The topological polar surface area (TPSA) is 90.7 Å². The monoisotopic (exact) mass is 238 g/mol. The van der Waals surface area contributed by atoms with Gasteiger partial charge in [0.05, 0.1) is 12.2 Å². The summed E-state index contributed by atoms with van der Waals surface area (Å²) in [6, 6.07) is 7.42. The highest BCUT2D eigenvalue weighted by Crippen LogP contribution is 1.99. The number of hydroxylamine groups is 1. The van der Waals surface area contributed by atoms with E-state index in [0.29, 0.717) is 5.56 Å². The van der Waals surface area contributed by atoms with Gasteiger partial charge in [0.15, 0.2) is 0 Å². The first-order chi connectivity index (χ1) is 8.15. The van der Waals surface area contributed by atoms with Crippen LogP contribution in [-0.4, -0.2) is 31.6 Å². The molecule has 0 aliphatic carbocycles. The van der Waals surface area contributed by atoms with Crippen molar-refractivity contribution in [1.82, 2.24) is 5.48 Å². The summed E-state index contributed by atoms with van der Waals surface area (Å²) >= 11 is 0. The second kappa shape index (κ2) is 6.62. The molecule has 3 N–H and O–H groups in total. The van der Waals surface area contributed by atoms with Crippen molar-refractivity contribution in [3.05, 3.63) is 35.9 Å². The molecule has 0 aliphatic rings. The Morgan fingerprint density at radius 1 is 1.35 bits per heavy atom. The van der Waals surface area contributed by atoms with Gasteiger partial charge in [0.1, 0.15) is 6.04 Å². The summed E-state index contributed by atoms with van der Waals surface area (Å²) in [5, 5.41) is 0. The van der Waals surface area contributed by atoms with E-state index in [1.54, 1.807) is 30.3 Å². The highest BCUT2D eigenvalue weighted by Gasteiger charge is 2.15. The molecule has 0 aromatic heterocycles. The van der Waals surface area contributed by atoms with E-state index in [-0.39, 0.29) is 6.61 Å². The maximum Gasteiger partial charge on any atom is 0.362 e. The summed E-state index contributed by atoms with van der Waals surface area (Å²) in [5.74, 6) is -1.26. The molecular formula is C11H14N2O4. The lowest BCUT2D eigenvalue weighted by molar-refractivity contribution is -0.132. The molecule has 0 spiro atoms. The van der Waals surface area contributed by atoms with Crippen molar-refractivity contribution in [3.63, 3.8) is 0 Å². The van der Waals surface area contributed by atoms with Crippen molar-refractivity contribution < 1.29 is 19.2 Å². The van der Waals surface area contributed by atoms with Crippen LogP contribution >= 0.6 is 0 Å². The lowest BCUT2D eigenvalue weighted by Gasteiger charge is -2.10. The van der Waals surface area contributed by atoms with Crippen molar-refractivity contribution >= 4 is 11.9 Å². The van der Waals surface area contributed by atoms with Crippen LogP contribution in [0.2, 0.25) is 0 Å². The molecule has 0 saturated carbocycles. The normalized spacial score (nSPS) is 11.6. The van der Waals surface area contributed by atoms with E-state index in [1.807, 2.05) is 5.48 Å². The van der Waals surface area contributed by atoms with Gasteiger partial charge in [0, 0.05) is 7.11 Å². The number of methoxy groups -OCH3 is 1. The Balaban J connectivity index is 2.41. The van der Waals surface area contributed by atoms with E-state index >= 15 is 0 Å². The highest BCUT2D eigenvalue weighted by molar-refractivity contribution is 5.90. The molecule has 0 fully saturated rings. The van der Waals surface area contributed by atoms with Crippen molar-refractivity contribution in [2.24, 2.45) is 5.73 Å². The minimum atomic E-state index is -0.872. The van der Waals surface area contributed by atoms with Crippen LogP contribution in [0.3, 0.4) is 0 Å². The van der Waals surface area contributed by atoms with Crippen LogP contribution in [0.1, 0.15) is 10.4 Å². The number of nitrogens with one attached hydrogen (secondary N) is 1. The lowest BCUT2D eigenvalue weighted by atomic mass is 10.2. The second-order valence-electron chi connectivity index (χ2n) is 3.28. The fourth-order valence-corrected chi connectivity index (χ4v) is 1.06. The summed E-state index contributed by atoms with van der Waals surface area (Å²) in [6.07, 6.45) is 0. The van der Waals surface area contributed by atoms with Gasteiger partial charge in [-0.1, -0.05) is 18.2 Å². The molecule has 0 heterocycles. The van der Waals surface area contributed by atoms with Crippen LogP contribution in [0.5, 0.6) is 0 Å². The Hall–Kier alpha value is -1.92. The van der Waals surface area contributed by atoms with Gasteiger partial charge in [-0.3, -0.25) is 4.79 Å². The maximum atomic E-state index is 11.4. The smallest absolute Gasteiger partial charge is 0.362 e. The minimum Gasteiger partial charge on any atom is -0.383 e. The van der Waals surface area contributed by atoms with Gasteiger partial charge in [-0.05, 0) is 12.1 Å². The van der Waals surface area contributed by atoms with Crippen LogP contribution < -0.4 is 11.2 Å². The third-order valence-corrected chi connectivity index (χ3v) is 1.94. The number of hydrogen-bond donors (Lipinski definition) is 2. The van der Waals surface area contributed by atoms with Crippen LogP contribution in [0.25, 0.3) is 0 Å². The lowest BCUT2D eigenvalue weighted by Crippen LogP contribution is -2.44. The number of carbonyl (C=O) groups excluding carboxylic acids is 2. The quantitative estimate of drug-likeness (QED) is 0.712. The van der Waals surface area contributed by atoms with Crippen LogP contribution in [0.15, 0.2) is 30.3 Å². The van der Waals surface area contributed by atoms with Crippen molar-refractivity contribution in [3.8, 4) is 0 Å². The first kappa shape index (κ1) is 13.1. The molecule has 1 rings (SSSR count). The summed E-state index contributed by atoms with van der Waals surface area (Å²) in [6.45, 7) is 0.0503. The van der Waals surface area contributed by atoms with Crippen LogP contribution in [0.4, 0.5) is 0 Å². The number of benzene rings is 1. The first-order valence-electron chi connectivity index (χ1n) is 4.95. The Labute approximate surface area is 98.7 Å². The van der Waals surface area contributed by atoms with E-state index in [2.05, 4.69) is 9.57 Å². The van der Waals surface area contributed by atoms with Crippen LogP contribution in [-0.2, 0) is 14.4 Å². The second-order valence-corrected chi connectivity index (χ2v) is 3.28. The Morgan fingerprint density at radius 3 is 2.59 bits per heavy atom. The largest absolute Gasteiger partial charge is 0.383 e. The number of carbonyl (C=O) groups is 2. The first-order valence-corrected chi connectivity index (χ1v) is 4.95. The van der Waals surface area contributed by atoms with Crippen molar-refractivity contribution in [2.45, 2.75) is 6.04 Å². The molecule has 1 aromatic rings. The number of ether oxygens (including phenoxy) is 1. The molecule has 1 amide bonds. The fraction of sp³-hybridized carbons (Fsp3) is 0.273. The zero-order valence-electron chi connectivity index (χ0n) is 9.38. The minimum absolute atomic E-state index is 0.0503. The Kier molecular flexibility index (Phi) is 5.12. The Bertz CT molecular complexity index is 380. The molecule has 1 unspecified atom stereocenters. The average Bonchev–Trinajstić information content (AvgIpc) is 2.36. The fourth-order valence-electron chi connectivity index (χ4n) is 1.06. The zero-order chi connectivity index (χ0) is 12.7. The van der Waals surface area contributed by atoms with Gasteiger partial charge in [-0.15, -0.1) is 0 Å². The number of hydrogen-bond acceptors (Lipinski definition) is 5. The summed E-state index contributed by atoms with van der Waals surface area (Å²) in [4.78, 5) is 27.3. The van der Waals surface area contributed by atoms with E-state index in [1.165, 1.54) is 7.11 Å². The number of rotatable bonds is 4. The summed E-state index contributed by atoms with van der Waals surface area (Å²) < 4.78 is 4.69. The molecule has 6 heteroatoms. The van der Waals surface area contributed by atoms with Gasteiger partial charge in [-0.2, -0.15) is 5.48 Å². The maximum absolute atomic E-state index is 11.4. The zero-order valence-corrected chi connectivity index (χ0v) is 9.38. The Morgan fingerprint density at radius 2 is 2.00 bits per heavy atom. The molecule has 0 aliphatic heterocycles. The van der Waals surface area contributed by atoms with Crippen molar-refractivity contribution in [1.29, 1.82) is 0 Å². The molecule has 1 atom stereocenters. The summed E-state index contributed by atoms with van der Waals surface area (Å²) in [7, 11) is 1.42. The SMILES string of the molecule is COCC(N)C(=O)NOC(=O)c1ccccc1. The molecule has 0 radical (unpaired) electrons. The van der Waals surface area contributed by atoms with Crippen LogP contribution in [0, 0.1) is 0 Å². The standard InChI is InChI=1S/C11H14N2O4/c1-16-7-9(12)10(14)13-17-11(15)8-5-3-2-4-6-8/h2-6,9H,7,12H2,1H3,(H,13,14). The average molecular weight is 238 g/mol. The van der Waals surface area contributed by atoms with E-state index in [4.69, 9.17) is 5.73 Å². The predicted octanol–water partition coefficient (Wildman–Crippen LogP) is -0.152. The van der Waals surface area contributed by atoms with Gasteiger partial charge in [0.2, 0.25) is 0 Å². The molecule has 92 valence electrons. The van der Waals surface area contributed by atoms with E-state index < -0.39 is 17.9 Å². The third kappa shape index (κ3) is 4.21. The molecule has 0 bridgehead atoms. The predicted molar refractivity (Wildman–Crippen MR) is 59.9 cm³/mol. The molecular weight excluding hydrogens is 224 g/mol. The van der Waals surface area contributed by atoms with Gasteiger partial charge in [-0.25, -0.2) is 4.79 Å². The van der Waals surface area contributed by atoms with Crippen molar-refractivity contribution in [2.75, 3.05) is 13.7 Å². The molecule has 6 nitrogen and oxygen atoms in total. The van der Waals surface area contributed by atoms with Gasteiger partial charge < -0.3 is 15.3 Å². The molecule has 0 saturated heterocycles. The number of nitrogens with two attached hydrogens (primary N) is 1. The third-order valence-electron chi connectivity index (χ3n) is 1.94. The molecule has 1 aromatic carbocycles. The molecule has 17 heavy (non-hydrogen) atoms. The number of amides is 1. The highest BCUT2D eigenvalue weighted by atomic mass is 16.7.